The maximum Gasteiger partial charge on any atom is 0.308 e. The molecule has 1 heterocycles. The van der Waals surface area contributed by atoms with Crippen molar-refractivity contribution >= 4 is 5.97 Å². The lowest BCUT2D eigenvalue weighted by Crippen LogP contribution is -2.40. The highest BCUT2D eigenvalue weighted by Gasteiger charge is 2.26. The van der Waals surface area contributed by atoms with Crippen LogP contribution in [0.5, 0.6) is 0 Å². The number of likely N-dealkylation sites (tertiary alicyclic amines) is 1. The maximum atomic E-state index is 11.5. The monoisotopic (exact) mass is 276 g/mol. The third kappa shape index (κ3) is 3.81. The zero-order valence-corrected chi connectivity index (χ0v) is 12.1. The molecule has 20 heavy (non-hydrogen) atoms. The summed E-state index contributed by atoms with van der Waals surface area (Å²) in [7, 11) is 1.47. The first kappa shape index (κ1) is 15.0. The first-order valence-corrected chi connectivity index (χ1v) is 7.29. The fourth-order valence-electron chi connectivity index (χ4n) is 2.87. The van der Waals surface area contributed by atoms with Gasteiger partial charge in [0, 0.05) is 19.0 Å². The largest absolute Gasteiger partial charge is 0.469 e. The smallest absolute Gasteiger partial charge is 0.308 e. The molecule has 4 nitrogen and oxygen atoms in total. The number of hydrogen-bond donors (Lipinski definition) is 1. The quantitative estimate of drug-likeness (QED) is 0.830. The molecule has 110 valence electrons. The normalized spacial score (nSPS) is 18.7. The Kier molecular flexibility index (Phi) is 5.56. The molecule has 0 amide bonds. The Morgan fingerprint density at radius 1 is 1.35 bits per heavy atom. The molecule has 0 aromatic heterocycles. The highest BCUT2D eigenvalue weighted by atomic mass is 16.5. The summed E-state index contributed by atoms with van der Waals surface area (Å²) in [6.07, 6.45) is 1.78. The van der Waals surface area contributed by atoms with Crippen molar-refractivity contribution in [1.29, 1.82) is 0 Å². The van der Waals surface area contributed by atoms with Crippen molar-refractivity contribution in [2.24, 2.45) is 11.7 Å². The van der Waals surface area contributed by atoms with E-state index in [1.807, 2.05) is 6.07 Å². The fourth-order valence-corrected chi connectivity index (χ4v) is 2.87. The molecule has 0 radical (unpaired) electrons. The molecule has 1 fully saturated rings. The zero-order chi connectivity index (χ0) is 14.4. The summed E-state index contributed by atoms with van der Waals surface area (Å²) in [5.74, 6) is 0.373. The fraction of sp³-hybridized carbons (Fsp3) is 0.562. The van der Waals surface area contributed by atoms with Crippen LogP contribution in [0.3, 0.4) is 0 Å². The van der Waals surface area contributed by atoms with E-state index in [1.165, 1.54) is 12.7 Å². The van der Waals surface area contributed by atoms with Crippen molar-refractivity contribution in [2.75, 3.05) is 33.3 Å². The minimum absolute atomic E-state index is 0.0666. The van der Waals surface area contributed by atoms with Crippen molar-refractivity contribution in [1.82, 2.24) is 4.90 Å². The topological polar surface area (TPSA) is 55.6 Å². The predicted molar refractivity (Wildman–Crippen MR) is 79.4 cm³/mol. The second-order valence-corrected chi connectivity index (χ2v) is 5.44. The molecule has 4 heteroatoms. The highest BCUT2D eigenvalue weighted by molar-refractivity contribution is 5.72. The lowest BCUT2D eigenvalue weighted by atomic mass is 9.94. The van der Waals surface area contributed by atoms with Crippen LogP contribution in [0.2, 0.25) is 0 Å². The third-order valence-corrected chi connectivity index (χ3v) is 4.16. The number of ether oxygens (including phenoxy) is 1. The van der Waals surface area contributed by atoms with Gasteiger partial charge in [0.2, 0.25) is 0 Å². The average molecular weight is 276 g/mol. The van der Waals surface area contributed by atoms with Crippen molar-refractivity contribution in [3.63, 3.8) is 0 Å². The summed E-state index contributed by atoms with van der Waals surface area (Å²) in [5.41, 5.74) is 7.21. The van der Waals surface area contributed by atoms with Crippen LogP contribution in [0.15, 0.2) is 30.3 Å². The van der Waals surface area contributed by atoms with Gasteiger partial charge in [-0.25, -0.2) is 0 Å². The summed E-state index contributed by atoms with van der Waals surface area (Å²) >= 11 is 0. The lowest BCUT2D eigenvalue weighted by Gasteiger charge is -2.33. The molecular formula is C16H24N2O2. The van der Waals surface area contributed by atoms with Crippen molar-refractivity contribution in [3.8, 4) is 0 Å². The Morgan fingerprint density at radius 2 is 2.00 bits per heavy atom. The van der Waals surface area contributed by atoms with Gasteiger partial charge in [0.25, 0.3) is 0 Å². The van der Waals surface area contributed by atoms with Gasteiger partial charge in [0.1, 0.15) is 0 Å². The highest BCUT2D eigenvalue weighted by Crippen LogP contribution is 2.22. The van der Waals surface area contributed by atoms with Crippen molar-refractivity contribution in [3.05, 3.63) is 35.9 Å². The van der Waals surface area contributed by atoms with E-state index in [9.17, 15) is 4.79 Å². The van der Waals surface area contributed by atoms with Gasteiger partial charge in [0.05, 0.1) is 13.0 Å². The molecule has 0 spiro atoms. The summed E-state index contributed by atoms with van der Waals surface area (Å²) < 4.78 is 4.82. The van der Waals surface area contributed by atoms with Gasteiger partial charge in [-0.2, -0.15) is 0 Å². The number of carbonyl (C=O) groups excluding carboxylic acids is 1. The summed E-state index contributed by atoms with van der Waals surface area (Å²) in [4.78, 5) is 13.9. The third-order valence-electron chi connectivity index (χ3n) is 4.16. The Morgan fingerprint density at radius 3 is 2.55 bits per heavy atom. The molecule has 0 bridgehead atoms. The maximum absolute atomic E-state index is 11.5. The first-order valence-electron chi connectivity index (χ1n) is 7.29. The van der Waals surface area contributed by atoms with Crippen molar-refractivity contribution < 1.29 is 9.53 Å². The number of methoxy groups -OCH3 is 1. The van der Waals surface area contributed by atoms with E-state index in [1.54, 1.807) is 0 Å². The number of carbonyl (C=O) groups is 1. The first-order chi connectivity index (χ1) is 9.74. The van der Waals surface area contributed by atoms with E-state index >= 15 is 0 Å². The summed E-state index contributed by atoms with van der Waals surface area (Å²) in [5, 5.41) is 0. The van der Waals surface area contributed by atoms with E-state index in [0.29, 0.717) is 12.5 Å². The predicted octanol–water partition coefficient (Wildman–Crippen LogP) is 1.61. The van der Waals surface area contributed by atoms with E-state index in [2.05, 4.69) is 29.2 Å². The number of benzene rings is 1. The molecular weight excluding hydrogens is 252 g/mol. The van der Waals surface area contributed by atoms with E-state index < -0.39 is 0 Å². The molecule has 2 N–H and O–H groups in total. The Bertz CT molecular complexity index is 414. The molecule has 1 saturated heterocycles. The van der Waals surface area contributed by atoms with Crippen LogP contribution in [0.4, 0.5) is 0 Å². The molecule has 1 aliphatic heterocycles. The number of piperidine rings is 1. The lowest BCUT2D eigenvalue weighted by molar-refractivity contribution is -0.147. The van der Waals surface area contributed by atoms with Crippen LogP contribution in [-0.4, -0.2) is 44.2 Å². The summed E-state index contributed by atoms with van der Waals surface area (Å²) in [6, 6.07) is 10.4. The Labute approximate surface area is 120 Å². The van der Waals surface area contributed by atoms with Gasteiger partial charge in [-0.1, -0.05) is 30.3 Å². The van der Waals surface area contributed by atoms with Crippen LogP contribution < -0.4 is 5.73 Å². The van der Waals surface area contributed by atoms with Gasteiger partial charge >= 0.3 is 5.97 Å². The molecule has 1 aromatic rings. The van der Waals surface area contributed by atoms with Crippen LogP contribution in [0, 0.1) is 5.92 Å². The summed E-state index contributed by atoms with van der Waals surface area (Å²) in [6.45, 7) is 3.52. The SMILES string of the molecule is COC(=O)C1CCN(CC(CN)c2ccccc2)CC1. The van der Waals surface area contributed by atoms with Gasteiger partial charge in [-0.3, -0.25) is 4.79 Å². The van der Waals surface area contributed by atoms with E-state index in [-0.39, 0.29) is 11.9 Å². The number of rotatable bonds is 5. The van der Waals surface area contributed by atoms with Crippen molar-refractivity contribution in [2.45, 2.75) is 18.8 Å². The molecule has 0 aliphatic carbocycles. The molecule has 1 aromatic carbocycles. The van der Waals surface area contributed by atoms with E-state index in [0.717, 1.165) is 32.5 Å². The van der Waals surface area contributed by atoms with Crippen LogP contribution >= 0.6 is 0 Å². The molecule has 1 aliphatic rings. The molecule has 0 saturated carbocycles. The second kappa shape index (κ2) is 7.41. The standard InChI is InChI=1S/C16H24N2O2/c1-20-16(19)14-7-9-18(10-8-14)12-15(11-17)13-5-3-2-4-6-13/h2-6,14-15H,7-12,17H2,1H3. The van der Waals surface area contributed by atoms with Gasteiger partial charge in [-0.15, -0.1) is 0 Å². The minimum atomic E-state index is -0.0666. The molecule has 1 unspecified atom stereocenters. The molecule has 1 atom stereocenters. The van der Waals surface area contributed by atoms with Crippen LogP contribution in [0.25, 0.3) is 0 Å². The number of hydrogen-bond acceptors (Lipinski definition) is 4. The second-order valence-electron chi connectivity index (χ2n) is 5.44. The zero-order valence-electron chi connectivity index (χ0n) is 12.1. The number of nitrogens with zero attached hydrogens (tertiary/aromatic N) is 1. The van der Waals surface area contributed by atoms with Crippen LogP contribution in [0.1, 0.15) is 24.3 Å². The van der Waals surface area contributed by atoms with Gasteiger partial charge in [-0.05, 0) is 31.5 Å². The Hall–Kier alpha value is -1.39. The van der Waals surface area contributed by atoms with Crippen LogP contribution in [-0.2, 0) is 9.53 Å². The molecule has 2 rings (SSSR count). The van der Waals surface area contributed by atoms with E-state index in [4.69, 9.17) is 10.5 Å². The Balaban J connectivity index is 1.86. The minimum Gasteiger partial charge on any atom is -0.469 e. The number of nitrogens with two attached hydrogens (primary N) is 1. The average Bonchev–Trinajstić information content (AvgIpc) is 2.53. The number of esters is 1. The van der Waals surface area contributed by atoms with Gasteiger partial charge < -0.3 is 15.4 Å². The van der Waals surface area contributed by atoms with Gasteiger partial charge in [0.15, 0.2) is 0 Å².